The maximum absolute atomic E-state index is 9.48. The average Bonchev–Trinajstić information content (AvgIpc) is 2.18. The average molecular weight is 320 g/mol. The van der Waals surface area contributed by atoms with E-state index >= 15 is 0 Å². The molecule has 0 aliphatic heterocycles. The molecule has 0 rings (SSSR count). The van der Waals surface area contributed by atoms with Gasteiger partial charge in [-0.05, 0) is 0 Å². The molecule has 0 unspecified atom stereocenters. The molecule has 0 atom stereocenters. The molecule has 0 N–H and O–H groups in total. The van der Waals surface area contributed by atoms with E-state index in [1.54, 1.807) is 0 Å². The van der Waals surface area contributed by atoms with E-state index in [-0.39, 0.29) is 16.8 Å². The van der Waals surface area contributed by atoms with Crippen LogP contribution in [0.3, 0.4) is 0 Å². The van der Waals surface area contributed by atoms with Crippen molar-refractivity contribution in [2.45, 2.75) is 20.8 Å². The van der Waals surface area contributed by atoms with Gasteiger partial charge in [-0.15, -0.1) is 0 Å². The molecule has 0 aliphatic carbocycles. The molecule has 10 heteroatoms. The number of carbonyl (C=O) groups is 6. The zero-order chi connectivity index (χ0) is 15.5. The Morgan fingerprint density at radius 1 is 0.526 bits per heavy atom. The van der Waals surface area contributed by atoms with Crippen LogP contribution in [0.2, 0.25) is 0 Å². The SMILES string of the molecule is CC(=O)C(=O)[O-].CC(=O)C(=O)[O-].CC(=O)C(=O)[O-].[Co+3]. The van der Waals surface area contributed by atoms with Crippen molar-refractivity contribution in [3.05, 3.63) is 0 Å². The first kappa shape index (κ1) is 25.7. The predicted octanol–water partition coefficient (Wildman–Crippen LogP) is -5.03. The van der Waals surface area contributed by atoms with Crippen LogP contribution in [0.5, 0.6) is 0 Å². The van der Waals surface area contributed by atoms with Crippen LogP contribution in [0.25, 0.3) is 0 Å². The molecule has 0 amide bonds. The Morgan fingerprint density at radius 3 is 0.579 bits per heavy atom. The molecule has 0 aromatic carbocycles. The predicted molar refractivity (Wildman–Crippen MR) is 47.1 cm³/mol. The van der Waals surface area contributed by atoms with Gasteiger partial charge in [0.05, 0.1) is 0 Å². The molecule has 0 radical (unpaired) electrons. The van der Waals surface area contributed by atoms with Crippen molar-refractivity contribution in [3.8, 4) is 0 Å². The van der Waals surface area contributed by atoms with E-state index in [9.17, 15) is 44.1 Å². The van der Waals surface area contributed by atoms with Gasteiger partial charge in [0.2, 0.25) is 0 Å². The third-order valence-corrected chi connectivity index (χ3v) is 0.862. The summed E-state index contributed by atoms with van der Waals surface area (Å²) in [6, 6.07) is 0. The molecular weight excluding hydrogens is 311 g/mol. The Balaban J connectivity index is -0.0000000865. The molecule has 0 heterocycles. The number of aliphatic carboxylic acids is 3. The largest absolute Gasteiger partial charge is 3.00 e. The number of carboxylic acids is 3. The van der Waals surface area contributed by atoms with Crippen LogP contribution in [0.4, 0.5) is 0 Å². The Bertz CT molecular complexity index is 279. The van der Waals surface area contributed by atoms with Gasteiger partial charge in [0, 0.05) is 20.8 Å². The number of carboxylic acid groups (broad SMARTS) is 3. The fourth-order valence-corrected chi connectivity index (χ4v) is 0. The van der Waals surface area contributed by atoms with Gasteiger partial charge in [0.25, 0.3) is 0 Å². The molecule has 0 bridgehead atoms. The summed E-state index contributed by atoms with van der Waals surface area (Å²) < 4.78 is 0. The third-order valence-electron chi connectivity index (χ3n) is 0.862. The van der Waals surface area contributed by atoms with E-state index < -0.39 is 35.3 Å². The summed E-state index contributed by atoms with van der Waals surface area (Å²) in [5.74, 6) is -7.69. The van der Waals surface area contributed by atoms with E-state index in [4.69, 9.17) is 0 Å². The minimum absolute atomic E-state index is 0. The van der Waals surface area contributed by atoms with Gasteiger partial charge in [-0.1, -0.05) is 0 Å². The Kier molecular flexibility index (Phi) is 18.9. The quantitative estimate of drug-likeness (QED) is 0.461. The number of Topliss-reactive ketones (excluding diaryl/α,β-unsaturated/α-hetero) is 3. The molecule has 0 aromatic rings. The van der Waals surface area contributed by atoms with Crippen LogP contribution in [0.15, 0.2) is 0 Å². The second-order valence-electron chi connectivity index (χ2n) is 2.53. The van der Waals surface area contributed by atoms with Crippen molar-refractivity contribution >= 4 is 35.3 Å². The topological polar surface area (TPSA) is 172 Å². The molecule has 0 fully saturated rings. The summed E-state index contributed by atoms with van der Waals surface area (Å²) in [5.41, 5.74) is 0. The molecule has 0 spiro atoms. The minimum atomic E-state index is -1.63. The van der Waals surface area contributed by atoms with Crippen molar-refractivity contribution in [2.75, 3.05) is 0 Å². The first-order valence-electron chi connectivity index (χ1n) is 4.09. The molecule has 0 aliphatic rings. The summed E-state index contributed by atoms with van der Waals surface area (Å²) in [7, 11) is 0. The normalized spacial score (nSPS) is 7.11. The summed E-state index contributed by atoms with van der Waals surface area (Å²) in [6.45, 7) is 2.82. The Morgan fingerprint density at radius 2 is 0.579 bits per heavy atom. The van der Waals surface area contributed by atoms with Crippen molar-refractivity contribution in [2.24, 2.45) is 0 Å². The minimum Gasteiger partial charge on any atom is -0.542 e. The zero-order valence-corrected chi connectivity index (χ0v) is 11.0. The van der Waals surface area contributed by atoms with Crippen molar-refractivity contribution in [1.29, 1.82) is 0 Å². The number of hydrogen-bond donors (Lipinski definition) is 0. The van der Waals surface area contributed by atoms with Crippen LogP contribution in [-0.2, 0) is 45.5 Å². The maximum atomic E-state index is 9.48. The van der Waals surface area contributed by atoms with Gasteiger partial charge in [0.1, 0.15) is 17.9 Å². The van der Waals surface area contributed by atoms with Crippen molar-refractivity contribution < 1.29 is 60.9 Å². The number of carbonyl (C=O) groups excluding carboxylic acids is 6. The number of ketones is 3. The molecule has 0 saturated carbocycles. The van der Waals surface area contributed by atoms with Crippen molar-refractivity contribution in [1.82, 2.24) is 0 Å². The Hall–Kier alpha value is -2.07. The molecule has 108 valence electrons. The van der Waals surface area contributed by atoms with E-state index in [0.29, 0.717) is 0 Å². The first-order chi connectivity index (χ1) is 7.93. The van der Waals surface area contributed by atoms with Crippen LogP contribution < -0.4 is 15.3 Å². The zero-order valence-electron chi connectivity index (χ0n) is 10.0. The summed E-state index contributed by atoms with van der Waals surface area (Å²) in [5, 5.41) is 27.7. The fraction of sp³-hybridized carbons (Fsp3) is 0.333. The van der Waals surface area contributed by atoms with Gasteiger partial charge < -0.3 is 29.7 Å². The van der Waals surface area contributed by atoms with E-state index in [2.05, 4.69) is 0 Å². The van der Waals surface area contributed by atoms with E-state index in [1.165, 1.54) is 0 Å². The number of rotatable bonds is 3. The van der Waals surface area contributed by atoms with Crippen molar-refractivity contribution in [3.63, 3.8) is 0 Å². The van der Waals surface area contributed by atoms with Gasteiger partial charge in [0.15, 0.2) is 17.3 Å². The standard InChI is InChI=1S/3C3H4O3.Co/c3*1-2(4)3(5)6;/h3*1H3,(H,5,6);/q;;;+3/p-3. The van der Waals surface area contributed by atoms with Crippen LogP contribution in [-0.4, -0.2) is 35.3 Å². The first-order valence-corrected chi connectivity index (χ1v) is 4.09. The monoisotopic (exact) mass is 320 g/mol. The van der Waals surface area contributed by atoms with Crippen LogP contribution in [0.1, 0.15) is 20.8 Å². The Labute approximate surface area is 117 Å². The molecule has 0 aromatic heterocycles. The fourth-order valence-electron chi connectivity index (χ4n) is 0. The van der Waals surface area contributed by atoms with Gasteiger partial charge in [-0.25, -0.2) is 0 Å². The summed E-state index contributed by atoms with van der Waals surface area (Å²) in [4.78, 5) is 56.2. The van der Waals surface area contributed by atoms with Gasteiger partial charge >= 0.3 is 16.8 Å². The van der Waals surface area contributed by atoms with Gasteiger partial charge in [-0.2, -0.15) is 0 Å². The smallest absolute Gasteiger partial charge is 0.542 e. The molecular formula is C9H9CoO9. The second kappa shape index (κ2) is 14.0. The van der Waals surface area contributed by atoms with Crippen LogP contribution in [0, 0.1) is 0 Å². The third kappa shape index (κ3) is 31.3. The molecule has 0 saturated heterocycles. The van der Waals surface area contributed by atoms with E-state index in [1.807, 2.05) is 0 Å². The molecule has 9 nitrogen and oxygen atoms in total. The summed E-state index contributed by atoms with van der Waals surface area (Å²) in [6.07, 6.45) is 0. The van der Waals surface area contributed by atoms with Crippen LogP contribution >= 0.6 is 0 Å². The maximum Gasteiger partial charge on any atom is 3.00 e. The molecule has 19 heavy (non-hydrogen) atoms. The van der Waals surface area contributed by atoms with E-state index in [0.717, 1.165) is 20.8 Å². The summed E-state index contributed by atoms with van der Waals surface area (Å²) >= 11 is 0. The number of hydrogen-bond acceptors (Lipinski definition) is 9. The van der Waals surface area contributed by atoms with Gasteiger partial charge in [-0.3, -0.25) is 14.4 Å². The second-order valence-corrected chi connectivity index (χ2v) is 2.53.